The van der Waals surface area contributed by atoms with Crippen molar-refractivity contribution < 1.29 is 18.7 Å². The van der Waals surface area contributed by atoms with Crippen LogP contribution in [-0.4, -0.2) is 54.4 Å². The first-order valence-corrected chi connectivity index (χ1v) is 11.2. The molecule has 33 heavy (non-hydrogen) atoms. The van der Waals surface area contributed by atoms with Gasteiger partial charge in [0.15, 0.2) is 5.78 Å². The number of halogens is 1. The molecule has 1 aromatic heterocycles. The molecule has 1 saturated heterocycles. The van der Waals surface area contributed by atoms with Gasteiger partial charge in [-0.3, -0.25) is 14.7 Å². The number of hydrogen-bond donors (Lipinski definition) is 0. The van der Waals surface area contributed by atoms with Crippen molar-refractivity contribution in [2.24, 2.45) is 0 Å². The minimum absolute atomic E-state index is 0.152. The Balaban J connectivity index is 1.54. The van der Waals surface area contributed by atoms with E-state index in [1.807, 2.05) is 36.1 Å². The lowest BCUT2D eigenvalue weighted by atomic mass is 10.0. The van der Waals surface area contributed by atoms with E-state index >= 15 is 0 Å². The van der Waals surface area contributed by atoms with Gasteiger partial charge >= 0.3 is 5.97 Å². The Labute approximate surface area is 193 Å². The summed E-state index contributed by atoms with van der Waals surface area (Å²) >= 11 is 0. The largest absolute Gasteiger partial charge is 0.462 e. The zero-order valence-corrected chi connectivity index (χ0v) is 19.2. The van der Waals surface area contributed by atoms with E-state index in [1.165, 1.54) is 13.0 Å². The second kappa shape index (κ2) is 9.67. The Bertz CT molecular complexity index is 1200. The topological polar surface area (TPSA) is 62.7 Å². The number of hydrogen-bond acceptors (Lipinski definition) is 6. The zero-order chi connectivity index (χ0) is 23.5. The van der Waals surface area contributed by atoms with Gasteiger partial charge < -0.3 is 9.64 Å². The molecule has 1 aliphatic rings. The highest BCUT2D eigenvalue weighted by Crippen LogP contribution is 2.26. The highest BCUT2D eigenvalue weighted by Gasteiger charge is 2.25. The van der Waals surface area contributed by atoms with E-state index in [-0.39, 0.29) is 17.6 Å². The van der Waals surface area contributed by atoms with Gasteiger partial charge in [-0.25, -0.2) is 9.18 Å². The van der Waals surface area contributed by atoms with Crippen LogP contribution in [0.15, 0.2) is 42.5 Å². The molecule has 0 aliphatic carbocycles. The molecule has 7 heteroatoms. The first-order chi connectivity index (χ1) is 15.9. The Morgan fingerprint density at radius 3 is 2.48 bits per heavy atom. The smallest absolute Gasteiger partial charge is 0.340 e. The number of fused-ring (bicyclic) bond motifs is 1. The Kier molecular flexibility index (Phi) is 6.70. The molecule has 0 radical (unpaired) electrons. The molecule has 6 nitrogen and oxygen atoms in total. The summed E-state index contributed by atoms with van der Waals surface area (Å²) in [6.45, 7) is 8.65. The second-order valence-electron chi connectivity index (χ2n) is 8.28. The molecule has 0 bridgehead atoms. The van der Waals surface area contributed by atoms with Crippen molar-refractivity contribution in [1.82, 2.24) is 9.88 Å². The van der Waals surface area contributed by atoms with Gasteiger partial charge in [0, 0.05) is 43.7 Å². The van der Waals surface area contributed by atoms with Gasteiger partial charge in [-0.2, -0.15) is 0 Å². The number of aromatic nitrogens is 1. The maximum Gasteiger partial charge on any atom is 0.340 e. The van der Waals surface area contributed by atoms with Crippen molar-refractivity contribution in [2.45, 2.75) is 27.3 Å². The van der Waals surface area contributed by atoms with E-state index in [4.69, 9.17) is 9.72 Å². The van der Waals surface area contributed by atoms with E-state index in [2.05, 4.69) is 4.90 Å². The molecule has 0 atom stereocenters. The van der Waals surface area contributed by atoms with Crippen LogP contribution in [0.2, 0.25) is 0 Å². The van der Waals surface area contributed by atoms with Gasteiger partial charge in [-0.15, -0.1) is 0 Å². The molecule has 0 saturated carbocycles. The molecule has 3 aromatic rings. The number of rotatable bonds is 6. The number of nitrogens with zero attached hydrogens (tertiary/aromatic N) is 3. The Hall–Kier alpha value is -3.32. The summed E-state index contributed by atoms with van der Waals surface area (Å²) in [6.07, 6.45) is 0. The van der Waals surface area contributed by atoms with E-state index < -0.39 is 0 Å². The summed E-state index contributed by atoms with van der Waals surface area (Å²) in [4.78, 5) is 33.3. The fraction of sp³-hybridized carbons (Fsp3) is 0.346. The second-order valence-corrected chi connectivity index (χ2v) is 8.28. The molecule has 0 spiro atoms. The molecule has 0 unspecified atom stereocenters. The van der Waals surface area contributed by atoms with Crippen LogP contribution in [-0.2, 0) is 11.3 Å². The molecule has 0 N–H and O–H groups in total. The maximum absolute atomic E-state index is 14.6. The molecule has 2 aromatic carbocycles. The number of pyridine rings is 1. The molecular weight excluding hydrogens is 421 g/mol. The van der Waals surface area contributed by atoms with Gasteiger partial charge in [-0.1, -0.05) is 18.2 Å². The lowest BCUT2D eigenvalue weighted by molar-refractivity contribution is 0.0522. The van der Waals surface area contributed by atoms with Crippen LogP contribution < -0.4 is 4.90 Å². The number of para-hydroxylation sites is 1. The summed E-state index contributed by atoms with van der Waals surface area (Å²) in [5.74, 6) is -0.886. The summed E-state index contributed by atoms with van der Waals surface area (Å²) < 4.78 is 19.9. The number of ketones is 1. The Morgan fingerprint density at radius 2 is 1.82 bits per heavy atom. The number of aryl methyl sites for hydroxylation is 1. The van der Waals surface area contributed by atoms with Gasteiger partial charge in [0.05, 0.1) is 29.1 Å². The quantitative estimate of drug-likeness (QED) is 0.411. The van der Waals surface area contributed by atoms with Crippen LogP contribution in [0, 0.1) is 12.7 Å². The normalized spacial score (nSPS) is 14.5. The van der Waals surface area contributed by atoms with E-state index in [1.54, 1.807) is 19.1 Å². The average Bonchev–Trinajstić information content (AvgIpc) is 2.80. The summed E-state index contributed by atoms with van der Waals surface area (Å²) in [5, 5.41) is 0.943. The molecule has 1 aliphatic heterocycles. The molecule has 4 rings (SSSR count). The predicted octanol–water partition coefficient (Wildman–Crippen LogP) is 4.38. The van der Waals surface area contributed by atoms with Crippen molar-refractivity contribution >= 4 is 28.3 Å². The number of Topliss-reactive ketones (excluding diaryl/α,β-unsaturated/α-hetero) is 1. The maximum atomic E-state index is 14.6. The third-order valence-electron chi connectivity index (χ3n) is 6.15. The van der Waals surface area contributed by atoms with Crippen LogP contribution >= 0.6 is 0 Å². The van der Waals surface area contributed by atoms with Crippen LogP contribution in [0.1, 0.15) is 45.8 Å². The number of esters is 1. The fourth-order valence-electron chi connectivity index (χ4n) is 4.37. The van der Waals surface area contributed by atoms with E-state index in [0.717, 1.165) is 16.5 Å². The van der Waals surface area contributed by atoms with Crippen LogP contribution in [0.5, 0.6) is 0 Å². The van der Waals surface area contributed by atoms with Crippen LogP contribution in [0.4, 0.5) is 10.1 Å². The molecule has 2 heterocycles. The van der Waals surface area contributed by atoms with Crippen molar-refractivity contribution in [2.75, 3.05) is 37.7 Å². The van der Waals surface area contributed by atoms with Crippen molar-refractivity contribution in [1.29, 1.82) is 0 Å². The van der Waals surface area contributed by atoms with E-state index in [0.29, 0.717) is 61.8 Å². The van der Waals surface area contributed by atoms with Crippen molar-refractivity contribution in [3.63, 3.8) is 0 Å². The fourth-order valence-corrected chi connectivity index (χ4v) is 4.37. The Morgan fingerprint density at radius 1 is 1.09 bits per heavy atom. The SMILES string of the molecule is CCOC(=O)c1c(CN2CCN(c3ccc(C(C)=O)cc3F)CC2)nc2ccccc2c1C. The number of ether oxygens (including phenoxy) is 1. The van der Waals surface area contributed by atoms with Gasteiger partial charge in [0.1, 0.15) is 5.82 Å². The minimum Gasteiger partial charge on any atom is -0.462 e. The number of benzene rings is 2. The van der Waals surface area contributed by atoms with Crippen molar-refractivity contribution in [3.8, 4) is 0 Å². The standard InChI is InChI=1S/C26H28FN3O3/c1-4-33-26(32)25-17(2)20-7-5-6-8-22(20)28-23(25)16-29-11-13-30(14-12-29)24-10-9-19(18(3)31)15-21(24)27/h5-10,15H,4,11-14,16H2,1-3H3. The molecule has 1 fully saturated rings. The van der Waals surface area contributed by atoms with Gasteiger partial charge in [0.2, 0.25) is 0 Å². The number of carbonyl (C=O) groups is 2. The summed E-state index contributed by atoms with van der Waals surface area (Å²) in [5.41, 5.74) is 3.84. The van der Waals surface area contributed by atoms with Crippen molar-refractivity contribution in [3.05, 3.63) is 70.7 Å². The number of anilines is 1. The summed E-state index contributed by atoms with van der Waals surface area (Å²) in [6, 6.07) is 12.4. The highest BCUT2D eigenvalue weighted by molar-refractivity contribution is 5.98. The minimum atomic E-state index is -0.382. The molecule has 172 valence electrons. The zero-order valence-electron chi connectivity index (χ0n) is 19.2. The monoisotopic (exact) mass is 449 g/mol. The van der Waals surface area contributed by atoms with Crippen LogP contribution in [0.3, 0.4) is 0 Å². The van der Waals surface area contributed by atoms with Crippen LogP contribution in [0.25, 0.3) is 10.9 Å². The number of piperazine rings is 1. The lowest BCUT2D eigenvalue weighted by Crippen LogP contribution is -2.46. The molecular formula is C26H28FN3O3. The lowest BCUT2D eigenvalue weighted by Gasteiger charge is -2.36. The third kappa shape index (κ3) is 4.73. The molecule has 0 amide bonds. The first-order valence-electron chi connectivity index (χ1n) is 11.2. The first kappa shape index (κ1) is 22.9. The third-order valence-corrected chi connectivity index (χ3v) is 6.15. The van der Waals surface area contributed by atoms with Gasteiger partial charge in [0.25, 0.3) is 0 Å². The predicted molar refractivity (Wildman–Crippen MR) is 126 cm³/mol. The number of carbonyl (C=O) groups excluding carboxylic acids is 2. The van der Waals surface area contributed by atoms with E-state index in [9.17, 15) is 14.0 Å². The highest BCUT2D eigenvalue weighted by atomic mass is 19.1. The summed E-state index contributed by atoms with van der Waals surface area (Å²) in [7, 11) is 0. The van der Waals surface area contributed by atoms with Gasteiger partial charge in [-0.05, 0) is 50.6 Å². The average molecular weight is 450 g/mol.